The lowest BCUT2D eigenvalue weighted by Crippen LogP contribution is -2.49. The first-order valence-corrected chi connectivity index (χ1v) is 10.5. The molecule has 2 aromatic carbocycles. The summed E-state index contributed by atoms with van der Waals surface area (Å²) in [6.45, 7) is 5.42. The fourth-order valence-corrected chi connectivity index (χ4v) is 4.82. The molecular weight excluding hydrogens is 379 g/mol. The number of rotatable bonds is 4. The van der Waals surface area contributed by atoms with Crippen LogP contribution in [0.3, 0.4) is 0 Å². The first-order valence-electron chi connectivity index (χ1n) is 10.5. The lowest BCUT2D eigenvalue weighted by Gasteiger charge is -2.37. The van der Waals surface area contributed by atoms with Crippen LogP contribution in [0.15, 0.2) is 48.5 Å². The Hall–Kier alpha value is -2.83. The van der Waals surface area contributed by atoms with E-state index in [1.807, 2.05) is 6.07 Å². The zero-order valence-electron chi connectivity index (χ0n) is 16.9. The molecule has 1 amide bonds. The largest absolute Gasteiger partial charge is 0.364 e. The van der Waals surface area contributed by atoms with Crippen molar-refractivity contribution in [2.45, 2.75) is 25.4 Å². The average molecular weight is 404 g/mol. The highest BCUT2D eigenvalue weighted by atomic mass is 19.1. The smallest absolute Gasteiger partial charge is 0.267 e. The highest BCUT2D eigenvalue weighted by molar-refractivity contribution is 6.00. The summed E-state index contributed by atoms with van der Waals surface area (Å²) >= 11 is 0. The van der Waals surface area contributed by atoms with Crippen molar-refractivity contribution in [1.82, 2.24) is 14.8 Å². The maximum atomic E-state index is 13.4. The van der Waals surface area contributed by atoms with Gasteiger partial charge in [-0.2, -0.15) is 0 Å². The average Bonchev–Trinajstić information content (AvgIpc) is 3.21. The van der Waals surface area contributed by atoms with Gasteiger partial charge in [-0.1, -0.05) is 24.3 Å². The van der Waals surface area contributed by atoms with Crippen LogP contribution in [-0.4, -0.2) is 52.9 Å². The minimum absolute atomic E-state index is 0.221. The van der Waals surface area contributed by atoms with Gasteiger partial charge in [0, 0.05) is 37.6 Å². The number of benzene rings is 2. The van der Waals surface area contributed by atoms with Gasteiger partial charge in [-0.25, -0.2) is 9.37 Å². The number of hydrogen-bond donors (Lipinski definition) is 1. The second-order valence-corrected chi connectivity index (χ2v) is 8.34. The van der Waals surface area contributed by atoms with Crippen LogP contribution in [-0.2, 0) is 6.54 Å². The third kappa shape index (κ3) is 3.68. The van der Waals surface area contributed by atoms with E-state index < -0.39 is 5.91 Å². The Morgan fingerprint density at radius 3 is 2.73 bits per heavy atom. The summed E-state index contributed by atoms with van der Waals surface area (Å²) in [7, 11) is 0. The van der Waals surface area contributed by atoms with Crippen LogP contribution in [0.25, 0.3) is 22.0 Å². The highest BCUT2D eigenvalue weighted by Crippen LogP contribution is 2.30. The maximum absolute atomic E-state index is 13.4. The number of halogens is 1. The van der Waals surface area contributed by atoms with E-state index in [4.69, 9.17) is 5.73 Å². The van der Waals surface area contributed by atoms with Crippen LogP contribution >= 0.6 is 0 Å². The molecule has 2 fully saturated rings. The number of piperazine rings is 1. The minimum Gasteiger partial charge on any atom is -0.364 e. The molecular formula is C24H25FN4O. The standard InChI is InChI=1S/C24H25FN4O/c25-18-6-4-17(5-7-18)21-13-23(24(26)30)27-22-12-16(3-8-20(21)22)14-28-10-11-29-9-1-2-19(29)15-28/h3-8,12-13,19H,1-2,9-11,14-15H2,(H2,26,30). The summed E-state index contributed by atoms with van der Waals surface area (Å²) in [6, 6.07) is 14.9. The second kappa shape index (κ2) is 7.78. The van der Waals surface area contributed by atoms with Gasteiger partial charge in [0.05, 0.1) is 5.52 Å². The summed E-state index contributed by atoms with van der Waals surface area (Å²) < 4.78 is 13.4. The zero-order chi connectivity index (χ0) is 20.7. The zero-order valence-corrected chi connectivity index (χ0v) is 16.9. The molecule has 0 aliphatic carbocycles. The van der Waals surface area contributed by atoms with Crippen LogP contribution in [0.2, 0.25) is 0 Å². The molecule has 3 aromatic rings. The van der Waals surface area contributed by atoms with Crippen LogP contribution < -0.4 is 5.73 Å². The van der Waals surface area contributed by atoms with E-state index in [9.17, 15) is 9.18 Å². The van der Waals surface area contributed by atoms with Crippen molar-refractivity contribution in [2.75, 3.05) is 26.2 Å². The van der Waals surface area contributed by atoms with Crippen LogP contribution in [0, 0.1) is 5.82 Å². The van der Waals surface area contributed by atoms with E-state index in [1.165, 1.54) is 37.1 Å². The molecule has 2 saturated heterocycles. The van der Waals surface area contributed by atoms with Gasteiger partial charge in [0.15, 0.2) is 0 Å². The van der Waals surface area contributed by atoms with E-state index in [1.54, 1.807) is 18.2 Å². The topological polar surface area (TPSA) is 62.5 Å². The number of primary amides is 1. The molecule has 154 valence electrons. The maximum Gasteiger partial charge on any atom is 0.267 e. The van der Waals surface area contributed by atoms with Gasteiger partial charge in [-0.05, 0) is 60.3 Å². The van der Waals surface area contributed by atoms with Gasteiger partial charge < -0.3 is 5.73 Å². The number of pyridine rings is 1. The van der Waals surface area contributed by atoms with Crippen molar-refractivity contribution in [1.29, 1.82) is 0 Å². The molecule has 0 bridgehead atoms. The van der Waals surface area contributed by atoms with Gasteiger partial charge in [0.25, 0.3) is 5.91 Å². The monoisotopic (exact) mass is 404 g/mol. The molecule has 1 unspecified atom stereocenters. The molecule has 5 rings (SSSR count). The van der Waals surface area contributed by atoms with Crippen molar-refractivity contribution in [3.05, 3.63) is 65.6 Å². The van der Waals surface area contributed by atoms with Crippen molar-refractivity contribution in [3.8, 4) is 11.1 Å². The summed E-state index contributed by atoms with van der Waals surface area (Å²) in [5, 5.41) is 0.927. The van der Waals surface area contributed by atoms with Crippen LogP contribution in [0.5, 0.6) is 0 Å². The molecule has 2 aliphatic heterocycles. The fraction of sp³-hybridized carbons (Fsp3) is 0.333. The molecule has 30 heavy (non-hydrogen) atoms. The van der Waals surface area contributed by atoms with Crippen LogP contribution in [0.4, 0.5) is 4.39 Å². The normalized spacial score (nSPS) is 19.8. The van der Waals surface area contributed by atoms with Gasteiger partial charge in [-0.3, -0.25) is 14.6 Å². The predicted octanol–water partition coefficient (Wildman–Crippen LogP) is 3.42. The number of carbonyl (C=O) groups is 1. The van der Waals surface area contributed by atoms with Gasteiger partial charge in [0.1, 0.15) is 11.5 Å². The molecule has 0 radical (unpaired) electrons. The number of aromatic nitrogens is 1. The summed E-state index contributed by atoms with van der Waals surface area (Å²) in [5.74, 6) is -0.861. The van der Waals surface area contributed by atoms with E-state index in [2.05, 4.69) is 26.9 Å². The van der Waals surface area contributed by atoms with Gasteiger partial charge >= 0.3 is 0 Å². The highest BCUT2D eigenvalue weighted by Gasteiger charge is 2.30. The molecule has 1 aromatic heterocycles. The molecule has 3 heterocycles. The van der Waals surface area contributed by atoms with E-state index in [-0.39, 0.29) is 11.5 Å². The predicted molar refractivity (Wildman–Crippen MR) is 116 cm³/mol. The van der Waals surface area contributed by atoms with Crippen molar-refractivity contribution < 1.29 is 9.18 Å². The molecule has 2 aliphatic rings. The van der Waals surface area contributed by atoms with Crippen molar-refractivity contribution in [3.63, 3.8) is 0 Å². The molecule has 1 atom stereocenters. The number of fused-ring (bicyclic) bond motifs is 2. The SMILES string of the molecule is NC(=O)c1cc(-c2ccc(F)cc2)c2ccc(CN3CCN4CCCC4C3)cc2n1. The van der Waals surface area contributed by atoms with Gasteiger partial charge in [-0.15, -0.1) is 0 Å². The second-order valence-electron chi connectivity index (χ2n) is 8.34. The lowest BCUT2D eigenvalue weighted by atomic mass is 9.98. The van der Waals surface area contributed by atoms with E-state index >= 15 is 0 Å². The number of nitrogens with zero attached hydrogens (tertiary/aromatic N) is 3. The Bertz CT molecular complexity index is 1100. The molecule has 6 heteroatoms. The Labute approximate surface area is 175 Å². The Morgan fingerprint density at radius 1 is 1.10 bits per heavy atom. The van der Waals surface area contributed by atoms with Crippen LogP contribution in [0.1, 0.15) is 28.9 Å². The lowest BCUT2D eigenvalue weighted by molar-refractivity contribution is 0.0993. The first kappa shape index (κ1) is 19.2. The Balaban J connectivity index is 1.49. The number of hydrogen-bond acceptors (Lipinski definition) is 4. The molecule has 0 spiro atoms. The summed E-state index contributed by atoms with van der Waals surface area (Å²) in [4.78, 5) is 21.5. The van der Waals surface area contributed by atoms with E-state index in [0.717, 1.165) is 48.2 Å². The fourth-order valence-electron chi connectivity index (χ4n) is 4.82. The quantitative estimate of drug-likeness (QED) is 0.724. The van der Waals surface area contributed by atoms with Crippen molar-refractivity contribution >= 4 is 16.8 Å². The number of nitrogens with two attached hydrogens (primary N) is 1. The van der Waals surface area contributed by atoms with E-state index in [0.29, 0.717) is 6.04 Å². The minimum atomic E-state index is -0.567. The first-order chi connectivity index (χ1) is 14.6. The third-order valence-corrected chi connectivity index (χ3v) is 6.36. The summed E-state index contributed by atoms with van der Waals surface area (Å²) in [5.41, 5.74) is 9.34. The number of amides is 1. The molecule has 2 N–H and O–H groups in total. The third-order valence-electron chi connectivity index (χ3n) is 6.36. The number of carbonyl (C=O) groups excluding carboxylic acids is 1. The van der Waals surface area contributed by atoms with Gasteiger partial charge in [0.2, 0.25) is 0 Å². The Morgan fingerprint density at radius 2 is 1.93 bits per heavy atom. The van der Waals surface area contributed by atoms with Crippen molar-refractivity contribution in [2.24, 2.45) is 5.73 Å². The molecule has 0 saturated carbocycles. The summed E-state index contributed by atoms with van der Waals surface area (Å²) in [6.07, 6.45) is 2.60. The molecule has 5 nitrogen and oxygen atoms in total. The Kier molecular flexibility index (Phi) is 4.97.